The highest BCUT2D eigenvalue weighted by Gasteiger charge is 2.15. The van der Waals surface area contributed by atoms with Gasteiger partial charge in [-0.2, -0.15) is 5.10 Å². The monoisotopic (exact) mass is 373 g/mol. The van der Waals surface area contributed by atoms with E-state index in [9.17, 15) is 9.59 Å². The van der Waals surface area contributed by atoms with E-state index in [-0.39, 0.29) is 5.91 Å². The Morgan fingerprint density at radius 1 is 1.12 bits per heavy atom. The van der Waals surface area contributed by atoms with Crippen LogP contribution in [0.15, 0.2) is 53.6 Å². The van der Waals surface area contributed by atoms with Crippen molar-refractivity contribution >= 4 is 35.5 Å². The van der Waals surface area contributed by atoms with Crippen molar-refractivity contribution in [3.05, 3.63) is 64.7 Å². The Morgan fingerprint density at radius 3 is 2.54 bits per heavy atom. The van der Waals surface area contributed by atoms with Crippen molar-refractivity contribution in [2.75, 3.05) is 5.32 Å². The van der Waals surface area contributed by atoms with Crippen LogP contribution in [0.3, 0.4) is 0 Å². The second-order valence-corrected chi connectivity index (χ2v) is 6.84. The molecule has 0 aliphatic carbocycles. The number of ether oxygens (including phenoxy) is 1. The highest BCUT2D eigenvalue weighted by molar-refractivity contribution is 6.34. The fourth-order valence-corrected chi connectivity index (χ4v) is 2.22. The van der Waals surface area contributed by atoms with Crippen molar-refractivity contribution in [2.45, 2.75) is 26.4 Å². The number of carbonyl (C=O) groups is 2. The predicted molar refractivity (Wildman–Crippen MR) is 103 cm³/mol. The van der Waals surface area contributed by atoms with E-state index < -0.39 is 11.7 Å². The van der Waals surface area contributed by atoms with Crippen LogP contribution >= 0.6 is 11.6 Å². The average Bonchev–Trinajstić information content (AvgIpc) is 2.54. The molecule has 0 aromatic heterocycles. The Morgan fingerprint density at radius 2 is 1.85 bits per heavy atom. The molecule has 0 unspecified atom stereocenters. The maximum Gasteiger partial charge on any atom is 0.428 e. The van der Waals surface area contributed by atoms with Gasteiger partial charge in [-0.25, -0.2) is 10.2 Å². The second kappa shape index (κ2) is 8.49. The first-order valence-corrected chi connectivity index (χ1v) is 8.30. The Hall–Kier alpha value is -2.86. The first kappa shape index (κ1) is 19.5. The fourth-order valence-electron chi connectivity index (χ4n) is 2.00. The molecule has 7 heteroatoms. The number of carbonyl (C=O) groups excluding carboxylic acids is 2. The molecule has 2 amide bonds. The largest absolute Gasteiger partial charge is 0.443 e. The Kier molecular flexibility index (Phi) is 6.36. The molecule has 0 aliphatic rings. The number of halogens is 1. The summed E-state index contributed by atoms with van der Waals surface area (Å²) in [6, 6.07) is 13.8. The molecule has 6 nitrogen and oxygen atoms in total. The third-order valence-electron chi connectivity index (χ3n) is 3.03. The van der Waals surface area contributed by atoms with Gasteiger partial charge in [0, 0.05) is 5.69 Å². The molecule has 0 saturated heterocycles. The molecule has 2 N–H and O–H groups in total. The molecular formula is C19H20ClN3O3. The third kappa shape index (κ3) is 6.22. The van der Waals surface area contributed by atoms with E-state index in [1.807, 2.05) is 0 Å². The van der Waals surface area contributed by atoms with Gasteiger partial charge in [0.05, 0.1) is 16.8 Å². The molecule has 0 heterocycles. The number of hydrazone groups is 1. The quantitative estimate of drug-likeness (QED) is 0.613. The van der Waals surface area contributed by atoms with Gasteiger partial charge in [-0.1, -0.05) is 35.9 Å². The van der Waals surface area contributed by atoms with E-state index in [4.69, 9.17) is 16.3 Å². The molecule has 2 aromatic rings. The number of anilines is 1. The summed E-state index contributed by atoms with van der Waals surface area (Å²) >= 11 is 6.03. The van der Waals surface area contributed by atoms with Crippen LogP contribution < -0.4 is 10.7 Å². The molecule has 0 atom stereocenters. The Labute approximate surface area is 157 Å². The minimum Gasteiger partial charge on any atom is -0.443 e. The summed E-state index contributed by atoms with van der Waals surface area (Å²) in [7, 11) is 0. The number of hydrogen-bond donors (Lipinski definition) is 2. The molecule has 0 bridgehead atoms. The van der Waals surface area contributed by atoms with E-state index in [1.54, 1.807) is 69.3 Å². The lowest BCUT2D eigenvalue weighted by molar-refractivity contribution is 0.0529. The Bertz CT molecular complexity index is 829. The molecular weight excluding hydrogens is 354 g/mol. The average molecular weight is 374 g/mol. The number of nitrogens with one attached hydrogen (secondary N) is 2. The maximum atomic E-state index is 12.3. The lowest BCUT2D eigenvalue weighted by atomic mass is 10.2. The molecule has 0 fully saturated rings. The van der Waals surface area contributed by atoms with Gasteiger partial charge < -0.3 is 10.1 Å². The van der Waals surface area contributed by atoms with Crippen molar-refractivity contribution in [1.29, 1.82) is 0 Å². The zero-order valence-electron chi connectivity index (χ0n) is 14.7. The minimum absolute atomic E-state index is 0.309. The lowest BCUT2D eigenvalue weighted by Crippen LogP contribution is -2.29. The predicted octanol–water partition coefficient (Wildman–Crippen LogP) is 4.45. The standard InChI is InChI=1S/C19H20ClN3O3/c1-19(2,3)26-18(25)23-21-12-13-7-6-8-14(11-13)22-17(24)15-9-4-5-10-16(15)20/h4-12H,1-3H3,(H,22,24)(H,23,25)/b21-12+. The van der Waals surface area contributed by atoms with Crippen molar-refractivity contribution in [1.82, 2.24) is 5.43 Å². The van der Waals surface area contributed by atoms with Gasteiger partial charge in [0.2, 0.25) is 0 Å². The summed E-state index contributed by atoms with van der Waals surface area (Å²) in [5.74, 6) is -0.309. The number of hydrogen-bond acceptors (Lipinski definition) is 4. The van der Waals surface area contributed by atoms with Gasteiger partial charge in [0.25, 0.3) is 5.91 Å². The van der Waals surface area contributed by atoms with Gasteiger partial charge in [-0.05, 0) is 50.6 Å². The zero-order chi connectivity index (χ0) is 19.2. The fraction of sp³-hybridized carbons (Fsp3) is 0.211. The Balaban J connectivity index is 1.99. The van der Waals surface area contributed by atoms with Crippen LogP contribution in [0.5, 0.6) is 0 Å². The van der Waals surface area contributed by atoms with Crippen LogP contribution in [0.4, 0.5) is 10.5 Å². The van der Waals surface area contributed by atoms with E-state index >= 15 is 0 Å². The highest BCUT2D eigenvalue weighted by atomic mass is 35.5. The number of benzene rings is 2. The first-order chi connectivity index (χ1) is 12.2. The van der Waals surface area contributed by atoms with Crippen LogP contribution in [-0.2, 0) is 4.74 Å². The first-order valence-electron chi connectivity index (χ1n) is 7.92. The third-order valence-corrected chi connectivity index (χ3v) is 3.36. The summed E-state index contributed by atoms with van der Waals surface area (Å²) in [6.07, 6.45) is 0.812. The number of amides is 2. The van der Waals surface area contributed by atoms with Crippen molar-refractivity contribution in [3.8, 4) is 0 Å². The highest BCUT2D eigenvalue weighted by Crippen LogP contribution is 2.17. The molecule has 0 spiro atoms. The van der Waals surface area contributed by atoms with Crippen LogP contribution in [0.2, 0.25) is 5.02 Å². The maximum absolute atomic E-state index is 12.3. The summed E-state index contributed by atoms with van der Waals surface area (Å²) in [5.41, 5.74) is 3.35. The summed E-state index contributed by atoms with van der Waals surface area (Å²) in [4.78, 5) is 23.8. The van der Waals surface area contributed by atoms with Crippen molar-refractivity contribution in [3.63, 3.8) is 0 Å². The van der Waals surface area contributed by atoms with Gasteiger partial charge in [-0.3, -0.25) is 4.79 Å². The van der Waals surface area contributed by atoms with Crippen LogP contribution in [0.1, 0.15) is 36.7 Å². The van der Waals surface area contributed by atoms with Crippen LogP contribution in [0.25, 0.3) is 0 Å². The summed E-state index contributed by atoms with van der Waals surface area (Å²) in [6.45, 7) is 5.30. The number of rotatable bonds is 4. The SMILES string of the molecule is CC(C)(C)OC(=O)N/N=C/c1cccc(NC(=O)c2ccccc2Cl)c1. The zero-order valence-corrected chi connectivity index (χ0v) is 15.5. The molecule has 2 aromatic carbocycles. The smallest absolute Gasteiger partial charge is 0.428 e. The molecule has 0 aliphatic heterocycles. The van der Waals surface area contributed by atoms with E-state index in [0.717, 1.165) is 0 Å². The van der Waals surface area contributed by atoms with Crippen LogP contribution in [-0.4, -0.2) is 23.8 Å². The van der Waals surface area contributed by atoms with Crippen LogP contribution in [0, 0.1) is 0 Å². The van der Waals surface area contributed by atoms with E-state index in [0.29, 0.717) is 21.8 Å². The summed E-state index contributed by atoms with van der Waals surface area (Å²) in [5, 5.41) is 6.99. The van der Waals surface area contributed by atoms with Crippen molar-refractivity contribution in [2.24, 2.45) is 5.10 Å². The summed E-state index contributed by atoms with van der Waals surface area (Å²) < 4.78 is 5.08. The molecule has 136 valence electrons. The van der Waals surface area contributed by atoms with Gasteiger partial charge in [0.1, 0.15) is 5.60 Å². The molecule has 0 saturated carbocycles. The van der Waals surface area contributed by atoms with Gasteiger partial charge in [-0.15, -0.1) is 0 Å². The van der Waals surface area contributed by atoms with Gasteiger partial charge >= 0.3 is 6.09 Å². The normalized spacial score (nSPS) is 11.2. The van der Waals surface area contributed by atoms with E-state index in [1.165, 1.54) is 6.21 Å². The minimum atomic E-state index is -0.642. The molecule has 26 heavy (non-hydrogen) atoms. The van der Waals surface area contributed by atoms with Gasteiger partial charge in [0.15, 0.2) is 0 Å². The lowest BCUT2D eigenvalue weighted by Gasteiger charge is -2.18. The number of nitrogens with zero attached hydrogens (tertiary/aromatic N) is 1. The molecule has 0 radical (unpaired) electrons. The topological polar surface area (TPSA) is 79.8 Å². The molecule has 2 rings (SSSR count). The second-order valence-electron chi connectivity index (χ2n) is 6.43. The van der Waals surface area contributed by atoms with E-state index in [2.05, 4.69) is 15.8 Å². The van der Waals surface area contributed by atoms with Crippen molar-refractivity contribution < 1.29 is 14.3 Å².